The number of carbonyl (C=O) groups is 2. The van der Waals surface area contributed by atoms with E-state index < -0.39 is 11.9 Å². The molecule has 6 nitrogen and oxygen atoms in total. The lowest BCUT2D eigenvalue weighted by molar-refractivity contribution is 0.0651. The van der Waals surface area contributed by atoms with Crippen LogP contribution in [0.25, 0.3) is 0 Å². The van der Waals surface area contributed by atoms with Crippen molar-refractivity contribution in [2.75, 3.05) is 6.54 Å². The molecule has 6 heteroatoms. The molecule has 0 saturated carbocycles. The van der Waals surface area contributed by atoms with Gasteiger partial charge < -0.3 is 14.9 Å². The average molecular weight is 282 g/mol. The lowest BCUT2D eigenvalue weighted by atomic mass is 10.0. The van der Waals surface area contributed by atoms with Crippen molar-refractivity contribution in [1.29, 1.82) is 0 Å². The van der Waals surface area contributed by atoms with Gasteiger partial charge in [0.1, 0.15) is 0 Å². The van der Waals surface area contributed by atoms with Gasteiger partial charge in [0.25, 0.3) is 5.91 Å². The van der Waals surface area contributed by atoms with Gasteiger partial charge in [-0.2, -0.15) is 0 Å². The van der Waals surface area contributed by atoms with Crippen molar-refractivity contribution in [3.63, 3.8) is 0 Å². The fraction of sp³-hybridized carbons (Fsp3) is 0.643. The van der Waals surface area contributed by atoms with Gasteiger partial charge in [0.2, 0.25) is 5.76 Å². The quantitative estimate of drug-likeness (QED) is 0.679. The van der Waals surface area contributed by atoms with E-state index in [1.807, 2.05) is 0 Å². The molecule has 0 aliphatic carbocycles. The van der Waals surface area contributed by atoms with Crippen LogP contribution in [0, 0.1) is 5.92 Å². The van der Waals surface area contributed by atoms with Gasteiger partial charge in [-0.25, -0.2) is 4.79 Å². The molecule has 20 heavy (non-hydrogen) atoms. The van der Waals surface area contributed by atoms with E-state index in [2.05, 4.69) is 28.8 Å². The minimum absolute atomic E-state index is 0.00204. The van der Waals surface area contributed by atoms with Crippen molar-refractivity contribution < 1.29 is 19.2 Å². The summed E-state index contributed by atoms with van der Waals surface area (Å²) in [5.41, 5.74) is 0.00204. The Bertz CT molecular complexity index is 440. The zero-order valence-corrected chi connectivity index (χ0v) is 12.0. The van der Waals surface area contributed by atoms with Crippen molar-refractivity contribution in [2.45, 2.75) is 46.0 Å². The predicted molar refractivity (Wildman–Crippen MR) is 73.7 cm³/mol. The molecular weight excluding hydrogens is 260 g/mol. The lowest BCUT2D eigenvalue weighted by Gasteiger charge is -2.05. The summed E-state index contributed by atoms with van der Waals surface area (Å²) in [5.74, 6) is -1.22. The number of rotatable bonds is 9. The molecule has 0 aliphatic rings. The summed E-state index contributed by atoms with van der Waals surface area (Å²) in [6, 6.07) is 1.13. The molecule has 1 heterocycles. The fourth-order valence-corrected chi connectivity index (χ4v) is 1.81. The summed E-state index contributed by atoms with van der Waals surface area (Å²) in [5, 5.41) is 14.8. The first-order valence-electron chi connectivity index (χ1n) is 6.99. The molecule has 0 atom stereocenters. The summed E-state index contributed by atoms with van der Waals surface area (Å²) in [4.78, 5) is 22.2. The number of nitrogens with zero attached hydrogens (tertiary/aromatic N) is 1. The van der Waals surface area contributed by atoms with E-state index in [0.29, 0.717) is 6.54 Å². The second kappa shape index (κ2) is 8.35. The summed E-state index contributed by atoms with van der Waals surface area (Å²) in [6.07, 6.45) is 5.61. The zero-order chi connectivity index (χ0) is 15.0. The van der Waals surface area contributed by atoms with Crippen molar-refractivity contribution in [1.82, 2.24) is 10.5 Å². The van der Waals surface area contributed by atoms with E-state index in [-0.39, 0.29) is 11.5 Å². The standard InChI is InChI=1S/C14H22N2O4/c1-10(2)7-5-3-4-6-8-15-13(17)11-9-12(14(18)19)20-16-11/h9-10H,3-8H2,1-2H3,(H,15,17)(H,18,19). The van der Waals surface area contributed by atoms with Crippen molar-refractivity contribution in [3.05, 3.63) is 17.5 Å². The molecule has 0 aliphatic heterocycles. The normalized spacial score (nSPS) is 10.8. The van der Waals surface area contributed by atoms with E-state index in [9.17, 15) is 9.59 Å². The third kappa shape index (κ3) is 5.86. The fourth-order valence-electron chi connectivity index (χ4n) is 1.81. The van der Waals surface area contributed by atoms with Crippen LogP contribution in [-0.2, 0) is 0 Å². The van der Waals surface area contributed by atoms with Gasteiger partial charge >= 0.3 is 5.97 Å². The number of aromatic nitrogens is 1. The van der Waals surface area contributed by atoms with Crippen molar-refractivity contribution >= 4 is 11.9 Å². The van der Waals surface area contributed by atoms with Gasteiger partial charge in [0.05, 0.1) is 0 Å². The molecule has 0 fully saturated rings. The van der Waals surface area contributed by atoms with Crippen LogP contribution in [0.3, 0.4) is 0 Å². The molecule has 1 aromatic rings. The van der Waals surface area contributed by atoms with Crippen LogP contribution in [0.1, 0.15) is 67.0 Å². The maximum atomic E-state index is 11.6. The molecular formula is C14H22N2O4. The summed E-state index contributed by atoms with van der Waals surface area (Å²) < 4.78 is 4.52. The summed E-state index contributed by atoms with van der Waals surface area (Å²) >= 11 is 0. The van der Waals surface area contributed by atoms with E-state index >= 15 is 0 Å². The Hall–Kier alpha value is -1.85. The van der Waals surface area contributed by atoms with Gasteiger partial charge in [-0.15, -0.1) is 0 Å². The molecule has 0 bridgehead atoms. The third-order valence-electron chi connectivity index (χ3n) is 2.95. The molecule has 0 saturated heterocycles. The zero-order valence-electron chi connectivity index (χ0n) is 12.0. The van der Waals surface area contributed by atoms with Gasteiger partial charge in [-0.05, 0) is 12.3 Å². The van der Waals surface area contributed by atoms with Crippen LogP contribution >= 0.6 is 0 Å². The van der Waals surface area contributed by atoms with Crippen LogP contribution in [-0.4, -0.2) is 28.7 Å². The molecule has 2 N–H and O–H groups in total. The molecule has 0 spiro atoms. The maximum absolute atomic E-state index is 11.6. The van der Waals surface area contributed by atoms with Gasteiger partial charge in [-0.3, -0.25) is 4.79 Å². The number of carboxylic acids is 1. The Labute approximate surface area is 118 Å². The molecule has 1 rings (SSSR count). The Morgan fingerprint density at radius 3 is 2.60 bits per heavy atom. The number of amides is 1. The van der Waals surface area contributed by atoms with Crippen LogP contribution in [0.2, 0.25) is 0 Å². The number of hydrogen-bond donors (Lipinski definition) is 2. The lowest BCUT2D eigenvalue weighted by Crippen LogP contribution is -2.24. The van der Waals surface area contributed by atoms with E-state index in [1.165, 1.54) is 19.3 Å². The summed E-state index contributed by atoms with van der Waals surface area (Å²) in [6.45, 7) is 4.99. The smallest absolute Gasteiger partial charge is 0.374 e. The van der Waals surface area contributed by atoms with Crippen molar-refractivity contribution in [2.24, 2.45) is 5.92 Å². The molecule has 0 unspecified atom stereocenters. The number of nitrogens with one attached hydrogen (secondary N) is 1. The monoisotopic (exact) mass is 282 g/mol. The second-order valence-corrected chi connectivity index (χ2v) is 5.23. The Kier molecular flexibility index (Phi) is 6.76. The van der Waals surface area contributed by atoms with Gasteiger partial charge in [0.15, 0.2) is 5.69 Å². The number of carbonyl (C=O) groups excluding carboxylic acids is 1. The van der Waals surface area contributed by atoms with E-state index in [4.69, 9.17) is 5.11 Å². The minimum atomic E-state index is -1.23. The Morgan fingerprint density at radius 1 is 1.30 bits per heavy atom. The molecule has 1 amide bonds. The number of hydrogen-bond acceptors (Lipinski definition) is 4. The second-order valence-electron chi connectivity index (χ2n) is 5.23. The molecule has 1 aromatic heterocycles. The Balaban J connectivity index is 2.15. The van der Waals surface area contributed by atoms with E-state index in [0.717, 1.165) is 24.8 Å². The first kappa shape index (κ1) is 16.2. The predicted octanol–water partition coefficient (Wildman–Crippen LogP) is 2.71. The van der Waals surface area contributed by atoms with Crippen molar-refractivity contribution in [3.8, 4) is 0 Å². The van der Waals surface area contributed by atoms with Gasteiger partial charge in [-0.1, -0.05) is 44.7 Å². The number of unbranched alkanes of at least 4 members (excludes halogenated alkanes) is 3. The third-order valence-corrected chi connectivity index (χ3v) is 2.95. The highest BCUT2D eigenvalue weighted by Crippen LogP contribution is 2.09. The minimum Gasteiger partial charge on any atom is -0.475 e. The SMILES string of the molecule is CC(C)CCCCCCNC(=O)c1cc(C(=O)O)on1. The number of aromatic carboxylic acids is 1. The average Bonchev–Trinajstić information content (AvgIpc) is 2.86. The number of carboxylic acid groups (broad SMARTS) is 1. The van der Waals surface area contributed by atoms with Gasteiger partial charge in [0, 0.05) is 12.6 Å². The highest BCUT2D eigenvalue weighted by molar-refractivity contribution is 5.94. The van der Waals surface area contributed by atoms with Crippen LogP contribution in [0.15, 0.2) is 10.6 Å². The van der Waals surface area contributed by atoms with E-state index in [1.54, 1.807) is 0 Å². The first-order chi connectivity index (χ1) is 9.50. The Morgan fingerprint density at radius 2 is 2.00 bits per heavy atom. The van der Waals surface area contributed by atoms with Crippen LogP contribution in [0.5, 0.6) is 0 Å². The first-order valence-corrected chi connectivity index (χ1v) is 6.99. The topological polar surface area (TPSA) is 92.4 Å². The molecule has 0 aromatic carbocycles. The van der Waals surface area contributed by atoms with Crippen LogP contribution in [0.4, 0.5) is 0 Å². The highest BCUT2D eigenvalue weighted by Gasteiger charge is 2.15. The maximum Gasteiger partial charge on any atom is 0.374 e. The van der Waals surface area contributed by atoms with Crippen LogP contribution < -0.4 is 5.32 Å². The summed E-state index contributed by atoms with van der Waals surface area (Å²) in [7, 11) is 0. The highest BCUT2D eigenvalue weighted by atomic mass is 16.5. The molecule has 0 radical (unpaired) electrons. The largest absolute Gasteiger partial charge is 0.475 e. The molecule has 112 valence electrons.